The number of hydrogen-bond acceptors (Lipinski definition) is 2. The van der Waals surface area contributed by atoms with Gasteiger partial charge in [0, 0.05) is 28.2 Å². The van der Waals surface area contributed by atoms with Crippen molar-refractivity contribution in [1.82, 2.24) is 10.2 Å². The highest BCUT2D eigenvalue weighted by atomic mass is 79.9. The van der Waals surface area contributed by atoms with Crippen LogP contribution < -0.4 is 5.73 Å². The molecule has 2 rings (SSSR count). The second-order valence-electron chi connectivity index (χ2n) is 4.08. The van der Waals surface area contributed by atoms with E-state index < -0.39 is 0 Å². The first-order valence-electron chi connectivity index (χ1n) is 5.31. The summed E-state index contributed by atoms with van der Waals surface area (Å²) in [6, 6.07) is 6.80. The molecule has 1 atom stereocenters. The summed E-state index contributed by atoms with van der Waals surface area (Å²) in [6.07, 6.45) is 0.700. The number of H-pyrrole nitrogens is 1. The van der Waals surface area contributed by atoms with Crippen LogP contribution in [-0.4, -0.2) is 16.2 Å². The van der Waals surface area contributed by atoms with Gasteiger partial charge in [-0.1, -0.05) is 15.9 Å². The maximum Gasteiger partial charge on any atom is 0.133 e. The van der Waals surface area contributed by atoms with Crippen molar-refractivity contribution in [2.24, 2.45) is 5.73 Å². The summed E-state index contributed by atoms with van der Waals surface area (Å²) >= 11 is 3.22. The van der Waals surface area contributed by atoms with Gasteiger partial charge in [0.1, 0.15) is 5.82 Å². The van der Waals surface area contributed by atoms with Crippen LogP contribution in [0.3, 0.4) is 0 Å². The molecular formula is C12H13BrFN3. The zero-order chi connectivity index (χ0) is 12.4. The molecule has 0 aliphatic heterocycles. The number of aromatic amines is 1. The van der Waals surface area contributed by atoms with Gasteiger partial charge in [-0.15, -0.1) is 0 Å². The number of hydrogen-bond donors (Lipinski definition) is 2. The highest BCUT2D eigenvalue weighted by Gasteiger charge is 2.10. The fourth-order valence-corrected chi connectivity index (χ4v) is 1.98. The quantitative estimate of drug-likeness (QED) is 0.915. The minimum absolute atomic E-state index is 0.0538. The number of rotatable bonds is 3. The summed E-state index contributed by atoms with van der Waals surface area (Å²) in [5.74, 6) is -0.293. The number of aromatic nitrogens is 2. The van der Waals surface area contributed by atoms with Crippen molar-refractivity contribution in [3.63, 3.8) is 0 Å². The van der Waals surface area contributed by atoms with E-state index in [0.717, 1.165) is 5.69 Å². The predicted octanol–water partition coefficient (Wildman–Crippen LogP) is 2.87. The Morgan fingerprint density at radius 2 is 2.24 bits per heavy atom. The average molecular weight is 298 g/mol. The highest BCUT2D eigenvalue weighted by molar-refractivity contribution is 9.10. The fourth-order valence-electron chi connectivity index (χ4n) is 1.65. The van der Waals surface area contributed by atoms with E-state index in [1.165, 1.54) is 6.07 Å². The molecule has 0 bridgehead atoms. The Morgan fingerprint density at radius 3 is 2.88 bits per heavy atom. The van der Waals surface area contributed by atoms with Gasteiger partial charge in [0.15, 0.2) is 0 Å². The summed E-state index contributed by atoms with van der Waals surface area (Å²) in [5, 5.41) is 6.96. The van der Waals surface area contributed by atoms with Crippen LogP contribution in [0.25, 0.3) is 11.3 Å². The Labute approximate surface area is 107 Å². The van der Waals surface area contributed by atoms with Crippen molar-refractivity contribution < 1.29 is 4.39 Å². The normalized spacial score (nSPS) is 12.7. The topological polar surface area (TPSA) is 54.7 Å². The van der Waals surface area contributed by atoms with E-state index in [4.69, 9.17) is 5.73 Å². The highest BCUT2D eigenvalue weighted by Crippen LogP contribution is 2.24. The molecule has 0 saturated heterocycles. The van der Waals surface area contributed by atoms with Crippen LogP contribution in [0, 0.1) is 5.82 Å². The molecule has 0 fully saturated rings. The lowest BCUT2D eigenvalue weighted by Crippen LogP contribution is -2.17. The van der Waals surface area contributed by atoms with Crippen LogP contribution in [0.1, 0.15) is 12.6 Å². The molecule has 3 nitrogen and oxygen atoms in total. The molecule has 90 valence electrons. The summed E-state index contributed by atoms with van der Waals surface area (Å²) in [5.41, 5.74) is 7.70. The first-order chi connectivity index (χ1) is 8.06. The molecule has 3 N–H and O–H groups in total. The second kappa shape index (κ2) is 4.98. The fraction of sp³-hybridized carbons (Fsp3) is 0.250. The third-order valence-electron chi connectivity index (χ3n) is 2.38. The van der Waals surface area contributed by atoms with Crippen molar-refractivity contribution in [3.8, 4) is 11.3 Å². The molecule has 0 spiro atoms. The molecule has 0 aliphatic carbocycles. The van der Waals surface area contributed by atoms with Crippen LogP contribution >= 0.6 is 15.9 Å². The van der Waals surface area contributed by atoms with Crippen LogP contribution in [0.15, 0.2) is 28.7 Å². The molecule has 1 aromatic carbocycles. The Kier molecular flexibility index (Phi) is 3.59. The first kappa shape index (κ1) is 12.3. The zero-order valence-electron chi connectivity index (χ0n) is 9.37. The molecule has 1 unspecified atom stereocenters. The summed E-state index contributed by atoms with van der Waals surface area (Å²) in [4.78, 5) is 0. The van der Waals surface area contributed by atoms with Gasteiger partial charge in [0.25, 0.3) is 0 Å². The Hall–Kier alpha value is -1.20. The van der Waals surface area contributed by atoms with E-state index >= 15 is 0 Å². The molecule has 17 heavy (non-hydrogen) atoms. The number of halogens is 2. The van der Waals surface area contributed by atoms with Crippen LogP contribution in [0.4, 0.5) is 4.39 Å². The van der Waals surface area contributed by atoms with Crippen molar-refractivity contribution in [3.05, 3.63) is 40.2 Å². The largest absolute Gasteiger partial charge is 0.328 e. The maximum absolute atomic E-state index is 13.7. The molecule has 0 saturated carbocycles. The molecule has 5 heteroatoms. The molecule has 1 heterocycles. The SMILES string of the molecule is CC(N)Cc1cc(-c2ccc(Br)cc2F)n[nH]1. The van der Waals surface area contributed by atoms with E-state index in [1.54, 1.807) is 12.1 Å². The van der Waals surface area contributed by atoms with E-state index in [9.17, 15) is 4.39 Å². The lowest BCUT2D eigenvalue weighted by Gasteiger charge is -2.00. The maximum atomic E-state index is 13.7. The van der Waals surface area contributed by atoms with Gasteiger partial charge in [-0.2, -0.15) is 5.10 Å². The number of nitrogens with one attached hydrogen (secondary N) is 1. The number of nitrogens with two attached hydrogens (primary N) is 1. The molecule has 0 radical (unpaired) electrons. The van der Waals surface area contributed by atoms with Crippen molar-refractivity contribution in [1.29, 1.82) is 0 Å². The smallest absolute Gasteiger partial charge is 0.133 e. The summed E-state index contributed by atoms with van der Waals surface area (Å²) in [7, 11) is 0. The van der Waals surface area contributed by atoms with Crippen molar-refractivity contribution >= 4 is 15.9 Å². The second-order valence-corrected chi connectivity index (χ2v) is 5.00. The van der Waals surface area contributed by atoms with Gasteiger partial charge in [-0.25, -0.2) is 4.39 Å². The lowest BCUT2D eigenvalue weighted by atomic mass is 10.1. The third-order valence-corrected chi connectivity index (χ3v) is 2.87. The van der Waals surface area contributed by atoms with Crippen molar-refractivity contribution in [2.75, 3.05) is 0 Å². The van der Waals surface area contributed by atoms with Crippen LogP contribution in [0.2, 0.25) is 0 Å². The number of nitrogens with zero attached hydrogens (tertiary/aromatic N) is 1. The molecule has 1 aromatic heterocycles. The standard InChI is InChI=1S/C12H13BrFN3/c1-7(15)4-9-6-12(17-16-9)10-3-2-8(13)5-11(10)14/h2-3,5-7H,4,15H2,1H3,(H,16,17). The van der Waals surface area contributed by atoms with Gasteiger partial charge in [0.2, 0.25) is 0 Å². The molecule has 0 amide bonds. The van der Waals surface area contributed by atoms with E-state index in [0.29, 0.717) is 22.2 Å². The van der Waals surface area contributed by atoms with Gasteiger partial charge in [0.05, 0.1) is 5.69 Å². The zero-order valence-corrected chi connectivity index (χ0v) is 11.0. The van der Waals surface area contributed by atoms with Crippen LogP contribution in [0.5, 0.6) is 0 Å². The first-order valence-corrected chi connectivity index (χ1v) is 6.11. The number of benzene rings is 1. The Balaban J connectivity index is 2.30. The Bertz CT molecular complexity index is 522. The Morgan fingerprint density at radius 1 is 1.47 bits per heavy atom. The van der Waals surface area contributed by atoms with Crippen LogP contribution in [-0.2, 0) is 6.42 Å². The molecule has 2 aromatic rings. The molecular weight excluding hydrogens is 285 g/mol. The van der Waals surface area contributed by atoms with E-state index in [-0.39, 0.29) is 11.9 Å². The van der Waals surface area contributed by atoms with Gasteiger partial charge < -0.3 is 5.73 Å². The minimum Gasteiger partial charge on any atom is -0.328 e. The average Bonchev–Trinajstić information content (AvgIpc) is 2.65. The predicted molar refractivity (Wildman–Crippen MR) is 69.0 cm³/mol. The van der Waals surface area contributed by atoms with Gasteiger partial charge in [-0.3, -0.25) is 5.10 Å². The van der Waals surface area contributed by atoms with Gasteiger partial charge in [-0.05, 0) is 31.2 Å². The van der Waals surface area contributed by atoms with E-state index in [1.807, 2.05) is 13.0 Å². The third kappa shape index (κ3) is 2.92. The minimum atomic E-state index is -0.293. The van der Waals surface area contributed by atoms with Gasteiger partial charge >= 0.3 is 0 Å². The summed E-state index contributed by atoms with van der Waals surface area (Å²) in [6.45, 7) is 1.92. The van der Waals surface area contributed by atoms with Crippen molar-refractivity contribution in [2.45, 2.75) is 19.4 Å². The monoisotopic (exact) mass is 297 g/mol. The summed E-state index contributed by atoms with van der Waals surface area (Å²) < 4.78 is 14.4. The lowest BCUT2D eigenvalue weighted by molar-refractivity contribution is 0.630. The molecule has 0 aliphatic rings. The van der Waals surface area contributed by atoms with E-state index in [2.05, 4.69) is 26.1 Å².